The van der Waals surface area contributed by atoms with E-state index < -0.39 is 17.7 Å². The Hall–Kier alpha value is -3.81. The average molecular weight is 522 g/mol. The number of ketones is 1. The van der Waals surface area contributed by atoms with Crippen LogP contribution >= 0.6 is 11.6 Å². The Bertz CT molecular complexity index is 1340. The predicted molar refractivity (Wildman–Crippen MR) is 141 cm³/mol. The number of carbonyl (C=O) groups excluding carboxylic acids is 2. The Balaban J connectivity index is 1.81. The van der Waals surface area contributed by atoms with Crippen LogP contribution in [0.25, 0.3) is 5.76 Å². The van der Waals surface area contributed by atoms with Crippen molar-refractivity contribution in [2.75, 3.05) is 27.4 Å². The number of halogens is 1. The Morgan fingerprint density at radius 2 is 1.78 bits per heavy atom. The molecule has 1 unspecified atom stereocenters. The van der Waals surface area contributed by atoms with Gasteiger partial charge in [0.1, 0.15) is 23.9 Å². The number of hydrogen-bond acceptors (Lipinski definition) is 6. The molecule has 1 atom stereocenters. The third-order valence-electron chi connectivity index (χ3n) is 6.15. The first-order valence-corrected chi connectivity index (χ1v) is 12.1. The number of hydrogen-bond donors (Lipinski definition) is 1. The molecule has 1 heterocycles. The normalized spacial score (nSPS) is 16.8. The van der Waals surface area contributed by atoms with Crippen molar-refractivity contribution in [3.63, 3.8) is 0 Å². The molecule has 192 valence electrons. The lowest BCUT2D eigenvalue weighted by Gasteiger charge is -2.25. The number of aryl methyl sites for hydroxylation is 1. The lowest BCUT2D eigenvalue weighted by atomic mass is 9.94. The van der Waals surface area contributed by atoms with Crippen LogP contribution < -0.4 is 9.47 Å². The summed E-state index contributed by atoms with van der Waals surface area (Å²) >= 11 is 6.35. The van der Waals surface area contributed by atoms with Crippen LogP contribution in [-0.2, 0) is 20.9 Å². The fraction of sp³-hybridized carbons (Fsp3) is 0.241. The summed E-state index contributed by atoms with van der Waals surface area (Å²) in [5, 5.41) is 11.7. The number of Topliss-reactive ketones (excluding diaryl/α,β-unsaturated/α-hetero) is 1. The molecule has 37 heavy (non-hydrogen) atoms. The molecule has 1 saturated heterocycles. The molecule has 0 spiro atoms. The smallest absolute Gasteiger partial charge is 0.295 e. The highest BCUT2D eigenvalue weighted by atomic mass is 35.5. The van der Waals surface area contributed by atoms with Gasteiger partial charge in [0.15, 0.2) is 0 Å². The van der Waals surface area contributed by atoms with Gasteiger partial charge in [-0.05, 0) is 47.9 Å². The van der Waals surface area contributed by atoms with Crippen molar-refractivity contribution in [2.45, 2.75) is 19.6 Å². The quantitative estimate of drug-likeness (QED) is 0.233. The number of ether oxygens (including phenoxy) is 3. The summed E-state index contributed by atoms with van der Waals surface area (Å²) in [5.74, 6) is -1.10. The van der Waals surface area contributed by atoms with Crippen LogP contribution in [0.15, 0.2) is 72.3 Å². The molecule has 8 heteroatoms. The number of methoxy groups -OCH3 is 2. The minimum Gasteiger partial charge on any atom is -0.507 e. The molecule has 1 N–H and O–H groups in total. The van der Waals surface area contributed by atoms with Gasteiger partial charge in [-0.1, -0.05) is 54.1 Å². The summed E-state index contributed by atoms with van der Waals surface area (Å²) in [6, 6.07) is 19.4. The fourth-order valence-corrected chi connectivity index (χ4v) is 4.77. The monoisotopic (exact) mass is 521 g/mol. The van der Waals surface area contributed by atoms with Crippen molar-refractivity contribution in [3.8, 4) is 11.5 Å². The molecular weight excluding hydrogens is 494 g/mol. The van der Waals surface area contributed by atoms with Crippen LogP contribution in [0.5, 0.6) is 11.5 Å². The minimum absolute atomic E-state index is 0.0544. The zero-order valence-electron chi connectivity index (χ0n) is 20.9. The van der Waals surface area contributed by atoms with E-state index in [2.05, 4.69) is 0 Å². The number of aliphatic hydroxyl groups is 1. The van der Waals surface area contributed by atoms with Gasteiger partial charge in [0.2, 0.25) is 0 Å². The van der Waals surface area contributed by atoms with Gasteiger partial charge >= 0.3 is 0 Å². The van der Waals surface area contributed by atoms with Crippen LogP contribution in [-0.4, -0.2) is 49.1 Å². The molecule has 1 amide bonds. The Labute approximate surface area is 220 Å². The van der Waals surface area contributed by atoms with Crippen molar-refractivity contribution in [1.29, 1.82) is 0 Å². The number of rotatable bonds is 9. The van der Waals surface area contributed by atoms with Crippen LogP contribution in [0.1, 0.15) is 28.3 Å². The highest BCUT2D eigenvalue weighted by Crippen LogP contribution is 2.43. The summed E-state index contributed by atoms with van der Waals surface area (Å²) in [6.07, 6.45) is 0. The Kier molecular flexibility index (Phi) is 8.16. The Morgan fingerprint density at radius 3 is 2.49 bits per heavy atom. The minimum atomic E-state index is -0.862. The molecule has 0 bridgehead atoms. The lowest BCUT2D eigenvalue weighted by Crippen LogP contribution is -2.32. The molecule has 3 aromatic carbocycles. The second-order valence-electron chi connectivity index (χ2n) is 8.66. The largest absolute Gasteiger partial charge is 0.507 e. The van der Waals surface area contributed by atoms with Crippen LogP contribution in [0, 0.1) is 6.92 Å². The lowest BCUT2D eigenvalue weighted by molar-refractivity contribution is -0.140. The van der Waals surface area contributed by atoms with Crippen molar-refractivity contribution >= 4 is 29.1 Å². The SMILES string of the molecule is COCCN1C(=O)C(=O)/C(=C(/O)c2cc(C)cc(Cl)c2OC)C1c1cccc(OCc2ccccc2)c1. The van der Waals surface area contributed by atoms with Gasteiger partial charge in [-0.25, -0.2) is 0 Å². The molecule has 1 aliphatic heterocycles. The van der Waals surface area contributed by atoms with Crippen molar-refractivity contribution in [3.05, 3.63) is 99.6 Å². The molecule has 7 nitrogen and oxygen atoms in total. The van der Waals surface area contributed by atoms with E-state index in [-0.39, 0.29) is 40.8 Å². The van der Waals surface area contributed by atoms with Crippen LogP contribution in [0.3, 0.4) is 0 Å². The molecule has 0 radical (unpaired) electrons. The van der Waals surface area contributed by atoms with Gasteiger partial charge in [-0.2, -0.15) is 0 Å². The average Bonchev–Trinajstić information content (AvgIpc) is 3.15. The molecular formula is C29H28ClNO6. The summed E-state index contributed by atoms with van der Waals surface area (Å²) in [7, 11) is 2.94. The fourth-order valence-electron chi connectivity index (χ4n) is 4.42. The van der Waals surface area contributed by atoms with Gasteiger partial charge in [0.05, 0.1) is 35.9 Å². The van der Waals surface area contributed by atoms with Crippen LogP contribution in [0.2, 0.25) is 5.02 Å². The van der Waals surface area contributed by atoms with Gasteiger partial charge in [-0.15, -0.1) is 0 Å². The van der Waals surface area contributed by atoms with Gasteiger partial charge in [0.25, 0.3) is 11.7 Å². The number of amides is 1. The third-order valence-corrected chi connectivity index (χ3v) is 6.43. The first-order chi connectivity index (χ1) is 17.8. The van der Waals surface area contributed by atoms with E-state index in [4.69, 9.17) is 25.8 Å². The number of aliphatic hydroxyl groups excluding tert-OH is 1. The topological polar surface area (TPSA) is 85.3 Å². The third kappa shape index (κ3) is 5.48. The molecule has 1 aliphatic rings. The van der Waals surface area contributed by atoms with E-state index in [1.807, 2.05) is 37.3 Å². The number of carbonyl (C=O) groups is 2. The van der Waals surface area contributed by atoms with E-state index in [0.717, 1.165) is 11.1 Å². The van der Waals surface area contributed by atoms with Gasteiger partial charge in [0, 0.05) is 13.7 Å². The zero-order chi connectivity index (χ0) is 26.5. The molecule has 0 saturated carbocycles. The van der Waals surface area contributed by atoms with Gasteiger partial charge in [-0.3, -0.25) is 9.59 Å². The summed E-state index contributed by atoms with van der Waals surface area (Å²) in [6.45, 7) is 2.54. The van der Waals surface area contributed by atoms with E-state index in [9.17, 15) is 14.7 Å². The maximum Gasteiger partial charge on any atom is 0.295 e. The maximum absolute atomic E-state index is 13.3. The standard InChI is InChI=1S/C29H28ClNO6/c1-18-14-22(28(36-3)23(30)15-18)26(32)24-25(31(12-13-35-2)29(34)27(24)33)20-10-7-11-21(16-20)37-17-19-8-5-4-6-9-19/h4-11,14-16,25,32H,12-13,17H2,1-3H3/b26-24+. The zero-order valence-corrected chi connectivity index (χ0v) is 21.6. The summed E-state index contributed by atoms with van der Waals surface area (Å²) in [5.41, 5.74) is 2.55. The summed E-state index contributed by atoms with van der Waals surface area (Å²) < 4.78 is 16.6. The number of benzene rings is 3. The highest BCUT2D eigenvalue weighted by molar-refractivity contribution is 6.46. The highest BCUT2D eigenvalue weighted by Gasteiger charge is 2.46. The van der Waals surface area contributed by atoms with Gasteiger partial charge < -0.3 is 24.2 Å². The van der Waals surface area contributed by atoms with E-state index in [1.165, 1.54) is 19.1 Å². The van der Waals surface area contributed by atoms with E-state index in [0.29, 0.717) is 17.9 Å². The van der Waals surface area contributed by atoms with Crippen molar-refractivity contribution in [1.82, 2.24) is 4.90 Å². The summed E-state index contributed by atoms with van der Waals surface area (Å²) in [4.78, 5) is 27.8. The van der Waals surface area contributed by atoms with Crippen molar-refractivity contribution < 1.29 is 28.9 Å². The van der Waals surface area contributed by atoms with E-state index >= 15 is 0 Å². The Morgan fingerprint density at radius 1 is 1.03 bits per heavy atom. The number of likely N-dealkylation sites (tertiary alicyclic amines) is 1. The van der Waals surface area contributed by atoms with E-state index in [1.54, 1.807) is 36.4 Å². The van der Waals surface area contributed by atoms with Crippen LogP contribution in [0.4, 0.5) is 0 Å². The molecule has 3 aromatic rings. The first kappa shape index (κ1) is 26.3. The predicted octanol–water partition coefficient (Wildman–Crippen LogP) is 5.30. The molecule has 1 fully saturated rings. The second kappa shape index (κ2) is 11.5. The second-order valence-corrected chi connectivity index (χ2v) is 9.07. The molecule has 0 aliphatic carbocycles. The number of nitrogens with zero attached hydrogens (tertiary/aromatic N) is 1. The van der Waals surface area contributed by atoms with Crippen molar-refractivity contribution in [2.24, 2.45) is 0 Å². The maximum atomic E-state index is 13.3. The molecule has 4 rings (SSSR count). The molecule has 0 aromatic heterocycles. The first-order valence-electron chi connectivity index (χ1n) is 11.7.